The summed E-state index contributed by atoms with van der Waals surface area (Å²) in [5.41, 5.74) is 7.69. The number of benzene rings is 1. The van der Waals surface area contributed by atoms with Gasteiger partial charge in [0.15, 0.2) is 0 Å². The first-order valence-electron chi connectivity index (χ1n) is 4.58. The van der Waals surface area contributed by atoms with E-state index in [4.69, 9.17) is 15.6 Å². The van der Waals surface area contributed by atoms with Crippen LogP contribution in [0.2, 0.25) is 0 Å². The lowest BCUT2D eigenvalue weighted by Gasteiger charge is -2.06. The van der Waals surface area contributed by atoms with Crippen molar-refractivity contribution >= 4 is 16.6 Å². The van der Waals surface area contributed by atoms with Crippen LogP contribution in [0.25, 0.3) is 10.9 Å². The molecule has 2 rings (SSSR count). The Balaban J connectivity index is 2.68. The molecule has 0 aliphatic carbocycles. The van der Waals surface area contributed by atoms with E-state index < -0.39 is 0 Å². The summed E-state index contributed by atoms with van der Waals surface area (Å²) in [6, 6.07) is 7.21. The van der Waals surface area contributed by atoms with Crippen LogP contribution in [0.4, 0.5) is 5.69 Å². The Hall–Kier alpha value is -1.81. The maximum Gasteiger partial charge on any atom is 0.121 e. The van der Waals surface area contributed by atoms with Crippen LogP contribution in [-0.4, -0.2) is 17.2 Å². The highest BCUT2D eigenvalue weighted by molar-refractivity contribution is 5.90. The van der Waals surface area contributed by atoms with Crippen molar-refractivity contribution < 1.29 is 9.84 Å². The van der Waals surface area contributed by atoms with E-state index in [1.54, 1.807) is 19.2 Å². The van der Waals surface area contributed by atoms with E-state index in [1.807, 2.05) is 12.1 Å². The van der Waals surface area contributed by atoms with Crippen molar-refractivity contribution in [3.8, 4) is 5.75 Å². The third-order valence-corrected chi connectivity index (χ3v) is 2.25. The summed E-state index contributed by atoms with van der Waals surface area (Å²) in [6.45, 7) is -0.0819. The largest absolute Gasteiger partial charge is 0.497 e. The lowest BCUT2D eigenvalue weighted by Crippen LogP contribution is -1.95. The molecular weight excluding hydrogens is 192 g/mol. The summed E-state index contributed by atoms with van der Waals surface area (Å²) in [5.74, 6) is 0.707. The van der Waals surface area contributed by atoms with Gasteiger partial charge < -0.3 is 15.6 Å². The quantitative estimate of drug-likeness (QED) is 0.724. The molecule has 0 saturated heterocycles. The van der Waals surface area contributed by atoms with Gasteiger partial charge in [0, 0.05) is 11.5 Å². The van der Waals surface area contributed by atoms with Crippen molar-refractivity contribution in [2.24, 2.45) is 0 Å². The van der Waals surface area contributed by atoms with Gasteiger partial charge in [0.25, 0.3) is 0 Å². The van der Waals surface area contributed by atoms with Gasteiger partial charge in [-0.1, -0.05) is 6.07 Å². The molecule has 0 radical (unpaired) electrons. The molecule has 1 heterocycles. The first kappa shape index (κ1) is 9.73. The van der Waals surface area contributed by atoms with Crippen molar-refractivity contribution in [1.29, 1.82) is 0 Å². The number of nitrogens with zero attached hydrogens (tertiary/aromatic N) is 1. The highest BCUT2D eigenvalue weighted by Gasteiger charge is 2.04. The highest BCUT2D eigenvalue weighted by atomic mass is 16.5. The van der Waals surface area contributed by atoms with E-state index in [2.05, 4.69) is 4.98 Å². The van der Waals surface area contributed by atoms with Gasteiger partial charge in [0.2, 0.25) is 0 Å². The average molecular weight is 204 g/mol. The van der Waals surface area contributed by atoms with Crippen molar-refractivity contribution in [2.75, 3.05) is 12.8 Å². The lowest BCUT2D eigenvalue weighted by atomic mass is 10.1. The standard InChI is InChI=1S/C11H12N2O2/c1-15-9-4-7-2-3-8(6-14)13-11(7)10(12)5-9/h2-5,14H,6,12H2,1H3. The number of methoxy groups -OCH3 is 1. The molecule has 0 aliphatic rings. The van der Waals surface area contributed by atoms with E-state index >= 15 is 0 Å². The Morgan fingerprint density at radius 1 is 1.40 bits per heavy atom. The maximum atomic E-state index is 8.96. The van der Waals surface area contributed by atoms with Crippen LogP contribution in [0, 0.1) is 0 Å². The Kier molecular flexibility index (Phi) is 2.43. The zero-order chi connectivity index (χ0) is 10.8. The van der Waals surface area contributed by atoms with E-state index in [0.717, 1.165) is 5.39 Å². The summed E-state index contributed by atoms with van der Waals surface area (Å²) >= 11 is 0. The van der Waals surface area contributed by atoms with Gasteiger partial charge in [-0.15, -0.1) is 0 Å². The molecular formula is C11H12N2O2. The molecule has 0 atom stereocenters. The topological polar surface area (TPSA) is 68.4 Å². The number of nitrogen functional groups attached to an aromatic ring is 1. The average Bonchev–Trinajstić information content (AvgIpc) is 2.28. The summed E-state index contributed by atoms with van der Waals surface area (Å²) in [7, 11) is 1.59. The fourth-order valence-electron chi connectivity index (χ4n) is 1.48. The van der Waals surface area contributed by atoms with Crippen LogP contribution < -0.4 is 10.5 Å². The third kappa shape index (κ3) is 1.71. The number of pyridine rings is 1. The number of ether oxygens (including phenoxy) is 1. The molecule has 4 nitrogen and oxygen atoms in total. The molecule has 2 aromatic rings. The van der Waals surface area contributed by atoms with Crippen LogP contribution in [0.15, 0.2) is 24.3 Å². The SMILES string of the molecule is COc1cc(N)c2nc(CO)ccc2c1. The molecule has 0 fully saturated rings. The molecule has 0 amide bonds. The second-order valence-corrected chi connectivity index (χ2v) is 3.25. The number of aliphatic hydroxyl groups excluding tert-OH is 1. The Labute approximate surface area is 87.3 Å². The normalized spacial score (nSPS) is 10.5. The zero-order valence-corrected chi connectivity index (χ0v) is 8.40. The fraction of sp³-hybridized carbons (Fsp3) is 0.182. The monoisotopic (exact) mass is 204 g/mol. The number of aliphatic hydroxyl groups is 1. The van der Waals surface area contributed by atoms with Gasteiger partial charge in [0.05, 0.1) is 30.6 Å². The Morgan fingerprint density at radius 2 is 2.20 bits per heavy atom. The van der Waals surface area contributed by atoms with Crippen molar-refractivity contribution in [2.45, 2.75) is 6.61 Å². The van der Waals surface area contributed by atoms with Crippen LogP contribution in [0.1, 0.15) is 5.69 Å². The van der Waals surface area contributed by atoms with Crippen molar-refractivity contribution in [3.05, 3.63) is 30.0 Å². The predicted octanol–water partition coefficient (Wildman–Crippen LogP) is 1.32. The molecule has 0 bridgehead atoms. The number of fused-ring (bicyclic) bond motifs is 1. The maximum absolute atomic E-state index is 8.96. The number of aromatic nitrogens is 1. The zero-order valence-electron chi connectivity index (χ0n) is 8.40. The Morgan fingerprint density at radius 3 is 2.87 bits per heavy atom. The first-order chi connectivity index (χ1) is 7.24. The molecule has 0 aliphatic heterocycles. The fourth-order valence-corrected chi connectivity index (χ4v) is 1.48. The minimum absolute atomic E-state index is 0.0819. The van der Waals surface area contributed by atoms with Crippen LogP contribution in [-0.2, 0) is 6.61 Å². The van der Waals surface area contributed by atoms with Gasteiger partial charge in [-0.05, 0) is 12.1 Å². The molecule has 1 aromatic carbocycles. The number of nitrogens with two attached hydrogens (primary N) is 1. The summed E-state index contributed by atoms with van der Waals surface area (Å²) in [4.78, 5) is 4.24. The second-order valence-electron chi connectivity index (χ2n) is 3.25. The van der Waals surface area contributed by atoms with Gasteiger partial charge in [-0.25, -0.2) is 4.98 Å². The number of rotatable bonds is 2. The molecule has 1 aromatic heterocycles. The van der Waals surface area contributed by atoms with Crippen LogP contribution in [0.5, 0.6) is 5.75 Å². The minimum atomic E-state index is -0.0819. The number of anilines is 1. The number of hydrogen-bond acceptors (Lipinski definition) is 4. The van der Waals surface area contributed by atoms with E-state index in [-0.39, 0.29) is 6.61 Å². The molecule has 0 unspecified atom stereocenters. The van der Waals surface area contributed by atoms with Crippen molar-refractivity contribution in [1.82, 2.24) is 4.98 Å². The van der Waals surface area contributed by atoms with E-state index in [9.17, 15) is 0 Å². The molecule has 4 heteroatoms. The molecule has 3 N–H and O–H groups in total. The highest BCUT2D eigenvalue weighted by Crippen LogP contribution is 2.25. The molecule has 0 spiro atoms. The van der Waals surface area contributed by atoms with Crippen LogP contribution in [0.3, 0.4) is 0 Å². The minimum Gasteiger partial charge on any atom is -0.497 e. The van der Waals surface area contributed by atoms with Crippen molar-refractivity contribution in [3.63, 3.8) is 0 Å². The predicted molar refractivity (Wildman–Crippen MR) is 58.6 cm³/mol. The molecule has 78 valence electrons. The lowest BCUT2D eigenvalue weighted by molar-refractivity contribution is 0.277. The summed E-state index contributed by atoms with van der Waals surface area (Å²) < 4.78 is 5.10. The second kappa shape index (κ2) is 3.74. The first-order valence-corrected chi connectivity index (χ1v) is 4.58. The molecule has 15 heavy (non-hydrogen) atoms. The van der Waals surface area contributed by atoms with E-state index in [1.165, 1.54) is 0 Å². The van der Waals surface area contributed by atoms with E-state index in [0.29, 0.717) is 22.6 Å². The summed E-state index contributed by atoms with van der Waals surface area (Å²) in [6.07, 6.45) is 0. The van der Waals surface area contributed by atoms with Crippen LogP contribution >= 0.6 is 0 Å². The smallest absolute Gasteiger partial charge is 0.121 e. The third-order valence-electron chi connectivity index (χ3n) is 2.25. The van der Waals surface area contributed by atoms with Gasteiger partial charge in [0.1, 0.15) is 5.75 Å². The number of hydrogen-bond donors (Lipinski definition) is 2. The van der Waals surface area contributed by atoms with Gasteiger partial charge >= 0.3 is 0 Å². The summed E-state index contributed by atoms with van der Waals surface area (Å²) in [5, 5.41) is 9.87. The van der Waals surface area contributed by atoms with Gasteiger partial charge in [-0.3, -0.25) is 0 Å². The Bertz CT molecular complexity index is 497. The molecule has 0 saturated carbocycles. The van der Waals surface area contributed by atoms with Gasteiger partial charge in [-0.2, -0.15) is 0 Å².